The number of hydrogen-bond acceptors (Lipinski definition) is 4. The third-order valence-electron chi connectivity index (χ3n) is 3.10. The summed E-state index contributed by atoms with van der Waals surface area (Å²) in [6.07, 6.45) is 0. The summed E-state index contributed by atoms with van der Waals surface area (Å²) in [4.78, 5) is 11.7. The highest BCUT2D eigenvalue weighted by molar-refractivity contribution is 6.30. The molecule has 2 N–H and O–H groups in total. The van der Waals surface area contributed by atoms with Gasteiger partial charge in [0.05, 0.1) is 6.54 Å². The van der Waals surface area contributed by atoms with Gasteiger partial charge in [-0.05, 0) is 36.4 Å². The summed E-state index contributed by atoms with van der Waals surface area (Å²) >= 11 is 5.78. The first-order valence-corrected chi connectivity index (χ1v) is 7.41. The van der Waals surface area contributed by atoms with E-state index in [2.05, 4.69) is 10.6 Å². The average Bonchev–Trinajstić information content (AvgIpc) is 3.01. The van der Waals surface area contributed by atoms with Crippen LogP contribution < -0.4 is 24.8 Å². The SMILES string of the molecule is O=C(NCCOc1ccc2c(c1)OCO2)Nc1ccc(Cl)cc1. The quantitative estimate of drug-likeness (QED) is 0.823. The Balaban J connectivity index is 1.39. The molecule has 7 heteroatoms. The fourth-order valence-corrected chi connectivity index (χ4v) is 2.13. The number of fused-ring (bicyclic) bond motifs is 1. The zero-order valence-corrected chi connectivity index (χ0v) is 12.9. The van der Waals surface area contributed by atoms with Gasteiger partial charge in [-0.1, -0.05) is 11.6 Å². The molecule has 0 aliphatic carbocycles. The van der Waals surface area contributed by atoms with Crippen LogP contribution in [0.25, 0.3) is 0 Å². The number of anilines is 1. The van der Waals surface area contributed by atoms with Crippen molar-refractivity contribution in [2.24, 2.45) is 0 Å². The summed E-state index contributed by atoms with van der Waals surface area (Å²) in [6, 6.07) is 11.9. The minimum absolute atomic E-state index is 0.227. The standard InChI is InChI=1S/C16H15ClN2O4/c17-11-1-3-12(4-2-11)19-16(20)18-7-8-21-13-5-6-14-15(9-13)23-10-22-14/h1-6,9H,7-8,10H2,(H2,18,19,20). The molecule has 23 heavy (non-hydrogen) atoms. The van der Waals surface area contributed by atoms with E-state index in [0.29, 0.717) is 41.1 Å². The van der Waals surface area contributed by atoms with Gasteiger partial charge in [0.1, 0.15) is 12.4 Å². The maximum Gasteiger partial charge on any atom is 0.319 e. The molecule has 0 aromatic heterocycles. The Morgan fingerprint density at radius 2 is 1.91 bits per heavy atom. The lowest BCUT2D eigenvalue weighted by atomic mass is 10.3. The molecule has 1 aliphatic heterocycles. The van der Waals surface area contributed by atoms with E-state index in [0.717, 1.165) is 0 Å². The minimum atomic E-state index is -0.304. The van der Waals surface area contributed by atoms with Crippen molar-refractivity contribution in [3.63, 3.8) is 0 Å². The van der Waals surface area contributed by atoms with Crippen LogP contribution in [0.4, 0.5) is 10.5 Å². The Bertz CT molecular complexity index is 691. The highest BCUT2D eigenvalue weighted by Crippen LogP contribution is 2.34. The van der Waals surface area contributed by atoms with Crippen molar-refractivity contribution >= 4 is 23.3 Å². The summed E-state index contributed by atoms with van der Waals surface area (Å²) in [7, 11) is 0. The molecule has 2 aromatic carbocycles. The van der Waals surface area contributed by atoms with E-state index in [4.69, 9.17) is 25.8 Å². The van der Waals surface area contributed by atoms with Gasteiger partial charge in [0.25, 0.3) is 0 Å². The van der Waals surface area contributed by atoms with Crippen LogP contribution in [0, 0.1) is 0 Å². The largest absolute Gasteiger partial charge is 0.492 e. The van der Waals surface area contributed by atoms with E-state index in [9.17, 15) is 4.79 Å². The number of nitrogens with one attached hydrogen (secondary N) is 2. The smallest absolute Gasteiger partial charge is 0.319 e. The number of ether oxygens (including phenoxy) is 3. The molecule has 120 valence electrons. The first-order valence-electron chi connectivity index (χ1n) is 7.03. The number of halogens is 1. The van der Waals surface area contributed by atoms with E-state index in [1.807, 2.05) is 0 Å². The Morgan fingerprint density at radius 1 is 1.13 bits per heavy atom. The van der Waals surface area contributed by atoms with Gasteiger partial charge >= 0.3 is 6.03 Å². The summed E-state index contributed by atoms with van der Waals surface area (Å²) in [5, 5.41) is 6.02. The fourth-order valence-electron chi connectivity index (χ4n) is 2.01. The predicted octanol–water partition coefficient (Wildman–Crippen LogP) is 3.27. The third-order valence-corrected chi connectivity index (χ3v) is 3.35. The molecule has 0 fully saturated rings. The van der Waals surface area contributed by atoms with Crippen molar-refractivity contribution in [1.29, 1.82) is 0 Å². The topological polar surface area (TPSA) is 68.8 Å². The summed E-state index contributed by atoms with van der Waals surface area (Å²) < 4.78 is 16.0. The van der Waals surface area contributed by atoms with E-state index < -0.39 is 0 Å². The molecule has 0 atom stereocenters. The summed E-state index contributed by atoms with van der Waals surface area (Å²) in [5.41, 5.74) is 0.670. The van der Waals surface area contributed by atoms with Crippen molar-refractivity contribution in [2.75, 3.05) is 25.3 Å². The molecular weight excluding hydrogens is 320 g/mol. The zero-order chi connectivity index (χ0) is 16.1. The number of hydrogen-bond donors (Lipinski definition) is 2. The lowest BCUT2D eigenvalue weighted by Crippen LogP contribution is -2.32. The van der Waals surface area contributed by atoms with Crippen molar-refractivity contribution in [2.45, 2.75) is 0 Å². The average molecular weight is 335 g/mol. The fraction of sp³-hybridized carbons (Fsp3) is 0.188. The number of carbonyl (C=O) groups is 1. The number of amides is 2. The molecule has 2 aromatic rings. The predicted molar refractivity (Wildman–Crippen MR) is 86.5 cm³/mol. The molecule has 0 bridgehead atoms. The maximum atomic E-state index is 11.7. The molecule has 0 spiro atoms. The van der Waals surface area contributed by atoms with Crippen LogP contribution in [0.2, 0.25) is 5.02 Å². The molecule has 6 nitrogen and oxygen atoms in total. The highest BCUT2D eigenvalue weighted by atomic mass is 35.5. The number of rotatable bonds is 5. The minimum Gasteiger partial charge on any atom is -0.492 e. The van der Waals surface area contributed by atoms with E-state index in [1.165, 1.54) is 0 Å². The van der Waals surface area contributed by atoms with Gasteiger partial charge < -0.3 is 24.8 Å². The summed E-state index contributed by atoms with van der Waals surface area (Å²) in [5.74, 6) is 2.03. The lowest BCUT2D eigenvalue weighted by molar-refractivity contribution is 0.173. The van der Waals surface area contributed by atoms with Crippen LogP contribution in [0.1, 0.15) is 0 Å². The molecular formula is C16H15ClN2O4. The second kappa shape index (κ2) is 7.11. The Kier molecular flexibility index (Phi) is 4.73. The Hall–Kier alpha value is -2.60. The van der Waals surface area contributed by atoms with Crippen molar-refractivity contribution in [1.82, 2.24) is 5.32 Å². The van der Waals surface area contributed by atoms with E-state index in [-0.39, 0.29) is 12.8 Å². The molecule has 1 aliphatic rings. The van der Waals surface area contributed by atoms with Gasteiger partial charge in [-0.2, -0.15) is 0 Å². The van der Waals surface area contributed by atoms with Crippen molar-refractivity contribution in [3.8, 4) is 17.2 Å². The van der Waals surface area contributed by atoms with Gasteiger partial charge in [-0.25, -0.2) is 4.79 Å². The molecule has 0 saturated carbocycles. The van der Waals surface area contributed by atoms with Crippen LogP contribution in [0.5, 0.6) is 17.2 Å². The molecule has 2 amide bonds. The normalized spacial score (nSPS) is 11.9. The maximum absolute atomic E-state index is 11.7. The van der Waals surface area contributed by atoms with Gasteiger partial charge in [-0.15, -0.1) is 0 Å². The van der Waals surface area contributed by atoms with Gasteiger partial charge in [0, 0.05) is 16.8 Å². The molecule has 0 unspecified atom stereocenters. The van der Waals surface area contributed by atoms with Gasteiger partial charge in [-0.3, -0.25) is 0 Å². The molecule has 0 saturated heterocycles. The van der Waals surface area contributed by atoms with Crippen molar-refractivity contribution < 1.29 is 19.0 Å². The monoisotopic (exact) mass is 334 g/mol. The first kappa shape index (κ1) is 15.3. The highest BCUT2D eigenvalue weighted by Gasteiger charge is 2.13. The third kappa shape index (κ3) is 4.20. The van der Waals surface area contributed by atoms with Crippen LogP contribution in [0.3, 0.4) is 0 Å². The second-order valence-corrected chi connectivity index (χ2v) is 5.19. The number of urea groups is 1. The number of carbonyl (C=O) groups excluding carboxylic acids is 1. The van der Waals surface area contributed by atoms with Crippen LogP contribution in [0.15, 0.2) is 42.5 Å². The van der Waals surface area contributed by atoms with Crippen molar-refractivity contribution in [3.05, 3.63) is 47.5 Å². The zero-order valence-electron chi connectivity index (χ0n) is 12.2. The number of benzene rings is 2. The second-order valence-electron chi connectivity index (χ2n) is 4.75. The van der Waals surface area contributed by atoms with E-state index >= 15 is 0 Å². The van der Waals surface area contributed by atoms with Crippen LogP contribution >= 0.6 is 11.6 Å². The molecule has 3 rings (SSSR count). The Labute approximate surface area is 138 Å². The molecule has 0 radical (unpaired) electrons. The van der Waals surface area contributed by atoms with Gasteiger partial charge in [0.15, 0.2) is 11.5 Å². The molecule has 1 heterocycles. The van der Waals surface area contributed by atoms with E-state index in [1.54, 1.807) is 42.5 Å². The van der Waals surface area contributed by atoms with Crippen LogP contribution in [-0.4, -0.2) is 26.0 Å². The summed E-state index contributed by atoms with van der Waals surface area (Å²) in [6.45, 7) is 0.937. The lowest BCUT2D eigenvalue weighted by Gasteiger charge is -2.09. The first-order chi connectivity index (χ1) is 11.2. The van der Waals surface area contributed by atoms with Gasteiger partial charge in [0.2, 0.25) is 6.79 Å². The van der Waals surface area contributed by atoms with Crippen LogP contribution in [-0.2, 0) is 0 Å². The Morgan fingerprint density at radius 3 is 2.74 bits per heavy atom.